The number of hydrogen-bond donors (Lipinski definition) is 1. The molecule has 3 amide bonds. The number of benzene rings is 1. The maximum atomic E-state index is 12.2. The highest BCUT2D eigenvalue weighted by Crippen LogP contribution is 2.25. The first-order chi connectivity index (χ1) is 13.6. The molecule has 0 spiro atoms. The van der Waals surface area contributed by atoms with Crippen LogP contribution >= 0.6 is 0 Å². The summed E-state index contributed by atoms with van der Waals surface area (Å²) in [5.74, 6) is -0.250. The van der Waals surface area contributed by atoms with Gasteiger partial charge in [0.25, 0.3) is 11.8 Å². The van der Waals surface area contributed by atoms with Gasteiger partial charge in [-0.15, -0.1) is 0 Å². The Bertz CT molecular complexity index is 864. The number of carbonyl (C=O) groups is 3. The lowest BCUT2D eigenvalue weighted by Crippen LogP contribution is -2.41. The summed E-state index contributed by atoms with van der Waals surface area (Å²) < 4.78 is 15.5. The van der Waals surface area contributed by atoms with Gasteiger partial charge in [0, 0.05) is 17.9 Å². The van der Waals surface area contributed by atoms with Gasteiger partial charge in [-0.1, -0.05) is 0 Å². The molecular formula is C19H19N3O6. The van der Waals surface area contributed by atoms with Gasteiger partial charge < -0.3 is 24.1 Å². The maximum absolute atomic E-state index is 12.2. The highest BCUT2D eigenvalue weighted by atomic mass is 16.6. The van der Waals surface area contributed by atoms with Crippen LogP contribution in [-0.4, -0.2) is 56.9 Å². The Hall–Kier alpha value is -3.33. The Morgan fingerprint density at radius 3 is 2.54 bits per heavy atom. The Balaban J connectivity index is 1.36. The summed E-state index contributed by atoms with van der Waals surface area (Å²) in [6.45, 7) is 1.57. The molecule has 2 aliphatic rings. The number of amides is 3. The van der Waals surface area contributed by atoms with Crippen LogP contribution in [0.3, 0.4) is 0 Å². The van der Waals surface area contributed by atoms with E-state index in [1.165, 1.54) is 11.2 Å². The lowest BCUT2D eigenvalue weighted by atomic mass is 10.2. The number of anilines is 2. The van der Waals surface area contributed by atoms with E-state index in [9.17, 15) is 14.4 Å². The van der Waals surface area contributed by atoms with Crippen LogP contribution in [0.15, 0.2) is 47.1 Å². The first kappa shape index (κ1) is 18.1. The van der Waals surface area contributed by atoms with Crippen molar-refractivity contribution in [2.24, 2.45) is 0 Å². The van der Waals surface area contributed by atoms with E-state index in [1.807, 2.05) is 0 Å². The molecule has 9 nitrogen and oxygen atoms in total. The highest BCUT2D eigenvalue weighted by molar-refractivity contribution is 5.96. The Morgan fingerprint density at radius 2 is 1.86 bits per heavy atom. The molecule has 0 aliphatic carbocycles. The summed E-state index contributed by atoms with van der Waals surface area (Å²) in [6.07, 6.45) is 0.472. The molecule has 146 valence electrons. The molecule has 1 N–H and O–H groups in total. The van der Waals surface area contributed by atoms with E-state index < -0.39 is 12.2 Å². The SMILES string of the molecule is O=C(NCC1CN(c2ccc(N3CCOCC3=O)cc2)C(=O)O1)c1ccco1. The monoisotopic (exact) mass is 385 g/mol. The second-order valence-corrected chi connectivity index (χ2v) is 6.42. The normalized spacial score (nSPS) is 19.6. The molecular weight excluding hydrogens is 366 g/mol. The van der Waals surface area contributed by atoms with E-state index in [0.29, 0.717) is 25.4 Å². The van der Waals surface area contributed by atoms with Gasteiger partial charge >= 0.3 is 6.09 Å². The summed E-state index contributed by atoms with van der Waals surface area (Å²) >= 11 is 0. The lowest BCUT2D eigenvalue weighted by molar-refractivity contribution is -0.125. The summed E-state index contributed by atoms with van der Waals surface area (Å²) in [5.41, 5.74) is 1.42. The number of ether oxygens (including phenoxy) is 2. The number of hydrogen-bond acceptors (Lipinski definition) is 6. The van der Waals surface area contributed by atoms with Crippen LogP contribution in [0.25, 0.3) is 0 Å². The van der Waals surface area contributed by atoms with E-state index in [4.69, 9.17) is 13.9 Å². The Kier molecular flexibility index (Phi) is 4.98. The third-order valence-corrected chi connectivity index (χ3v) is 4.57. The number of rotatable bonds is 5. The van der Waals surface area contributed by atoms with Crippen molar-refractivity contribution >= 4 is 29.3 Å². The second kappa shape index (κ2) is 7.73. The maximum Gasteiger partial charge on any atom is 0.414 e. The minimum absolute atomic E-state index is 0.0750. The summed E-state index contributed by atoms with van der Waals surface area (Å²) in [5, 5.41) is 2.68. The zero-order valence-electron chi connectivity index (χ0n) is 15.0. The molecule has 28 heavy (non-hydrogen) atoms. The van der Waals surface area contributed by atoms with E-state index in [1.54, 1.807) is 41.3 Å². The van der Waals surface area contributed by atoms with Crippen molar-refractivity contribution in [3.05, 3.63) is 48.4 Å². The molecule has 3 heterocycles. The number of carbonyl (C=O) groups excluding carboxylic acids is 3. The van der Waals surface area contributed by atoms with E-state index in [2.05, 4.69) is 5.32 Å². The zero-order chi connectivity index (χ0) is 19.5. The quantitative estimate of drug-likeness (QED) is 0.835. The van der Waals surface area contributed by atoms with Crippen molar-refractivity contribution in [2.45, 2.75) is 6.10 Å². The van der Waals surface area contributed by atoms with Crippen LogP contribution < -0.4 is 15.1 Å². The minimum atomic E-state index is -0.479. The van der Waals surface area contributed by atoms with E-state index in [-0.39, 0.29) is 30.7 Å². The fraction of sp³-hybridized carbons (Fsp3) is 0.316. The third kappa shape index (κ3) is 3.70. The summed E-state index contributed by atoms with van der Waals surface area (Å²) in [7, 11) is 0. The van der Waals surface area contributed by atoms with Gasteiger partial charge in [0.1, 0.15) is 12.7 Å². The molecule has 0 bridgehead atoms. The van der Waals surface area contributed by atoms with Crippen molar-refractivity contribution < 1.29 is 28.3 Å². The van der Waals surface area contributed by atoms with Crippen LogP contribution in [0.5, 0.6) is 0 Å². The minimum Gasteiger partial charge on any atom is -0.459 e. The number of cyclic esters (lactones) is 1. The molecule has 9 heteroatoms. The number of nitrogens with zero attached hydrogens (tertiary/aromatic N) is 2. The standard InChI is InChI=1S/C19H19N3O6/c23-17-12-26-9-7-21(17)13-3-5-14(6-4-13)22-11-15(28-19(22)25)10-20-18(24)16-2-1-8-27-16/h1-6,8,15H,7,9-12H2,(H,20,24). The van der Waals surface area contributed by atoms with Crippen molar-refractivity contribution in [3.63, 3.8) is 0 Å². The zero-order valence-corrected chi connectivity index (χ0v) is 15.0. The van der Waals surface area contributed by atoms with Gasteiger partial charge in [-0.25, -0.2) is 4.79 Å². The molecule has 1 aromatic carbocycles. The van der Waals surface area contributed by atoms with Gasteiger partial charge in [0.15, 0.2) is 5.76 Å². The fourth-order valence-corrected chi connectivity index (χ4v) is 3.14. The number of nitrogens with one attached hydrogen (secondary N) is 1. The first-order valence-electron chi connectivity index (χ1n) is 8.90. The molecule has 1 unspecified atom stereocenters. The molecule has 0 radical (unpaired) electrons. The van der Waals surface area contributed by atoms with Gasteiger partial charge in [-0.3, -0.25) is 14.5 Å². The van der Waals surface area contributed by atoms with Crippen molar-refractivity contribution in [3.8, 4) is 0 Å². The van der Waals surface area contributed by atoms with E-state index in [0.717, 1.165) is 5.69 Å². The van der Waals surface area contributed by atoms with Gasteiger partial charge in [0.05, 0.1) is 26.0 Å². The lowest BCUT2D eigenvalue weighted by Gasteiger charge is -2.27. The molecule has 2 saturated heterocycles. The average Bonchev–Trinajstić information content (AvgIpc) is 3.37. The molecule has 1 atom stereocenters. The third-order valence-electron chi connectivity index (χ3n) is 4.57. The molecule has 2 aromatic rings. The predicted molar refractivity (Wildman–Crippen MR) is 98.3 cm³/mol. The van der Waals surface area contributed by atoms with Crippen molar-refractivity contribution in [2.75, 3.05) is 42.6 Å². The Morgan fingerprint density at radius 1 is 1.11 bits per heavy atom. The molecule has 2 aliphatic heterocycles. The van der Waals surface area contributed by atoms with Crippen molar-refractivity contribution in [1.82, 2.24) is 5.32 Å². The van der Waals surface area contributed by atoms with Crippen LogP contribution in [0, 0.1) is 0 Å². The topological polar surface area (TPSA) is 101 Å². The molecule has 0 saturated carbocycles. The van der Waals surface area contributed by atoms with Crippen LogP contribution in [0.4, 0.5) is 16.2 Å². The summed E-state index contributed by atoms with van der Waals surface area (Å²) in [6, 6.07) is 10.3. The number of furan rings is 1. The van der Waals surface area contributed by atoms with Gasteiger partial charge in [-0.05, 0) is 36.4 Å². The highest BCUT2D eigenvalue weighted by Gasteiger charge is 2.33. The van der Waals surface area contributed by atoms with Crippen LogP contribution in [0.1, 0.15) is 10.6 Å². The number of morpholine rings is 1. The van der Waals surface area contributed by atoms with Crippen LogP contribution in [-0.2, 0) is 14.3 Å². The summed E-state index contributed by atoms with van der Waals surface area (Å²) in [4.78, 5) is 39.2. The first-order valence-corrected chi connectivity index (χ1v) is 8.90. The molecule has 4 rings (SSSR count). The second-order valence-electron chi connectivity index (χ2n) is 6.42. The average molecular weight is 385 g/mol. The van der Waals surface area contributed by atoms with Gasteiger partial charge in [0.2, 0.25) is 0 Å². The Labute approximate surface area is 160 Å². The van der Waals surface area contributed by atoms with Crippen molar-refractivity contribution in [1.29, 1.82) is 0 Å². The molecule has 1 aromatic heterocycles. The smallest absolute Gasteiger partial charge is 0.414 e. The van der Waals surface area contributed by atoms with Gasteiger partial charge in [-0.2, -0.15) is 0 Å². The fourth-order valence-electron chi connectivity index (χ4n) is 3.14. The predicted octanol–water partition coefficient (Wildman–Crippen LogP) is 1.40. The molecule has 2 fully saturated rings. The van der Waals surface area contributed by atoms with Crippen LogP contribution in [0.2, 0.25) is 0 Å². The van der Waals surface area contributed by atoms with E-state index >= 15 is 0 Å². The largest absolute Gasteiger partial charge is 0.459 e.